The Hall–Kier alpha value is -3.56. The van der Waals surface area contributed by atoms with Gasteiger partial charge in [0.25, 0.3) is 5.69 Å². The molecule has 2 aromatic rings. The number of hydrogen-bond donors (Lipinski definition) is 1. The quantitative estimate of drug-likeness (QED) is 0.459. The molecule has 1 N–H and O–H groups in total. The van der Waals surface area contributed by atoms with E-state index in [4.69, 9.17) is 4.74 Å². The predicted molar refractivity (Wildman–Crippen MR) is 88.2 cm³/mol. The minimum Gasteiger partial charge on any atom is -0.493 e. The van der Waals surface area contributed by atoms with Crippen molar-refractivity contribution in [1.29, 1.82) is 0 Å². The van der Waals surface area contributed by atoms with Crippen molar-refractivity contribution < 1.29 is 28.0 Å². The molecule has 1 aromatic heterocycles. The van der Waals surface area contributed by atoms with Gasteiger partial charge in [-0.1, -0.05) is 0 Å². The zero-order chi connectivity index (χ0) is 19.1. The molecule has 26 heavy (non-hydrogen) atoms. The van der Waals surface area contributed by atoms with E-state index in [1.54, 1.807) is 12.1 Å². The molecule has 0 saturated carbocycles. The Kier molecular flexibility index (Phi) is 6.15. The van der Waals surface area contributed by atoms with Gasteiger partial charge in [-0.2, -0.15) is 8.78 Å². The van der Waals surface area contributed by atoms with Crippen molar-refractivity contribution in [2.75, 3.05) is 12.4 Å². The van der Waals surface area contributed by atoms with Gasteiger partial charge in [0.05, 0.1) is 23.7 Å². The van der Waals surface area contributed by atoms with Gasteiger partial charge in [0.1, 0.15) is 0 Å². The molecule has 0 aliphatic rings. The third-order valence-corrected chi connectivity index (χ3v) is 3.09. The fraction of sp³-hybridized carbons (Fsp3) is 0.125. The smallest absolute Gasteiger partial charge is 0.387 e. The molecule has 0 atom stereocenters. The highest BCUT2D eigenvalue weighted by atomic mass is 19.3. The first kappa shape index (κ1) is 18.8. The number of carbonyl (C=O) groups excluding carboxylic acids is 1. The normalized spacial score (nSPS) is 10.8. The molecule has 0 saturated heterocycles. The first-order valence-corrected chi connectivity index (χ1v) is 7.11. The molecule has 2 rings (SSSR count). The summed E-state index contributed by atoms with van der Waals surface area (Å²) in [4.78, 5) is 26.1. The number of hydrogen-bond acceptors (Lipinski definition) is 6. The van der Waals surface area contributed by atoms with E-state index in [9.17, 15) is 23.7 Å². The van der Waals surface area contributed by atoms with Gasteiger partial charge >= 0.3 is 6.61 Å². The molecule has 1 amide bonds. The number of halogens is 2. The lowest BCUT2D eigenvalue weighted by Crippen LogP contribution is -2.08. The first-order valence-electron chi connectivity index (χ1n) is 7.11. The fourth-order valence-corrected chi connectivity index (χ4v) is 1.99. The average Bonchev–Trinajstić information content (AvgIpc) is 2.60. The maximum atomic E-state index is 12.4. The number of pyridine rings is 1. The molecule has 0 bridgehead atoms. The van der Waals surface area contributed by atoms with Gasteiger partial charge in [0.2, 0.25) is 5.91 Å². The Bertz CT molecular complexity index is 828. The molecule has 8 nitrogen and oxygen atoms in total. The third kappa shape index (κ3) is 4.97. The minimum atomic E-state index is -3.17. The highest BCUT2D eigenvalue weighted by molar-refractivity contribution is 6.02. The molecular weight excluding hydrogens is 352 g/mol. The molecule has 0 spiro atoms. The minimum absolute atomic E-state index is 0.0154. The fourth-order valence-electron chi connectivity index (χ4n) is 1.99. The van der Waals surface area contributed by atoms with Crippen LogP contribution in [0.1, 0.15) is 5.56 Å². The molecule has 0 radical (unpaired) electrons. The van der Waals surface area contributed by atoms with Gasteiger partial charge in [0, 0.05) is 24.2 Å². The van der Waals surface area contributed by atoms with Gasteiger partial charge in [-0.05, 0) is 24.3 Å². The van der Waals surface area contributed by atoms with Gasteiger partial charge in [-0.15, -0.1) is 0 Å². The zero-order valence-corrected chi connectivity index (χ0v) is 13.4. The Morgan fingerprint density at radius 1 is 1.31 bits per heavy atom. The number of alkyl halides is 2. The lowest BCUT2D eigenvalue weighted by molar-refractivity contribution is -0.385. The zero-order valence-electron chi connectivity index (χ0n) is 13.4. The highest BCUT2D eigenvalue weighted by Crippen LogP contribution is 2.36. The van der Waals surface area contributed by atoms with E-state index < -0.39 is 28.9 Å². The Morgan fingerprint density at radius 2 is 2.00 bits per heavy atom. The van der Waals surface area contributed by atoms with Crippen LogP contribution in [0.5, 0.6) is 11.5 Å². The monoisotopic (exact) mass is 365 g/mol. The van der Waals surface area contributed by atoms with Crippen LogP contribution in [-0.2, 0) is 4.79 Å². The second kappa shape index (κ2) is 8.51. The van der Waals surface area contributed by atoms with E-state index in [1.807, 2.05) is 0 Å². The molecule has 0 aliphatic heterocycles. The summed E-state index contributed by atoms with van der Waals surface area (Å²) in [6.45, 7) is -3.17. The standard InChI is InChI=1S/C16H13F2N3O5/c1-25-13-8-10(12(21(23)24)9-14(13)26-16(17)18)2-3-15(22)20-11-4-6-19-7-5-11/h2-9,16H,1H3,(H,19,20,22). The molecule has 0 aliphatic carbocycles. The van der Waals surface area contributed by atoms with E-state index >= 15 is 0 Å². The van der Waals surface area contributed by atoms with Crippen molar-refractivity contribution >= 4 is 23.4 Å². The van der Waals surface area contributed by atoms with Crippen molar-refractivity contribution in [2.45, 2.75) is 6.61 Å². The lowest BCUT2D eigenvalue weighted by Gasteiger charge is -2.10. The number of rotatable bonds is 7. The van der Waals surface area contributed by atoms with Crippen LogP contribution >= 0.6 is 0 Å². The van der Waals surface area contributed by atoms with Crippen LogP contribution in [-0.4, -0.2) is 29.5 Å². The average molecular weight is 365 g/mol. The summed E-state index contributed by atoms with van der Waals surface area (Å²) in [6.07, 6.45) is 5.20. The number of methoxy groups -OCH3 is 1. The molecule has 1 aromatic carbocycles. The summed E-state index contributed by atoms with van der Waals surface area (Å²) >= 11 is 0. The van der Waals surface area contributed by atoms with E-state index in [0.29, 0.717) is 5.69 Å². The number of anilines is 1. The topological polar surface area (TPSA) is 104 Å². The summed E-state index contributed by atoms with van der Waals surface area (Å²) < 4.78 is 33.9. The van der Waals surface area contributed by atoms with Crippen LogP contribution in [0, 0.1) is 10.1 Å². The van der Waals surface area contributed by atoms with Crippen LogP contribution in [0.2, 0.25) is 0 Å². The molecule has 0 unspecified atom stereocenters. The summed E-state index contributed by atoms with van der Waals surface area (Å²) in [6, 6.07) is 5.07. The van der Waals surface area contributed by atoms with Crippen molar-refractivity contribution in [2.24, 2.45) is 0 Å². The number of nitro groups is 1. The van der Waals surface area contributed by atoms with E-state index in [0.717, 1.165) is 18.2 Å². The van der Waals surface area contributed by atoms with Gasteiger partial charge in [-0.25, -0.2) is 0 Å². The van der Waals surface area contributed by atoms with Gasteiger partial charge in [0.15, 0.2) is 11.5 Å². The summed E-state index contributed by atoms with van der Waals surface area (Å²) in [5, 5.41) is 13.7. The third-order valence-electron chi connectivity index (χ3n) is 3.09. The van der Waals surface area contributed by atoms with Crippen LogP contribution in [0.25, 0.3) is 6.08 Å². The number of amides is 1. The number of nitrogens with one attached hydrogen (secondary N) is 1. The van der Waals surface area contributed by atoms with E-state index in [1.165, 1.54) is 25.6 Å². The maximum absolute atomic E-state index is 12.4. The molecule has 1 heterocycles. The summed E-state index contributed by atoms with van der Waals surface area (Å²) in [5.41, 5.74) is -0.0461. The summed E-state index contributed by atoms with van der Waals surface area (Å²) in [5.74, 6) is -1.16. The van der Waals surface area contributed by atoms with E-state index in [2.05, 4.69) is 15.0 Å². The number of nitrogens with zero attached hydrogens (tertiary/aromatic N) is 2. The van der Waals surface area contributed by atoms with Gasteiger partial charge < -0.3 is 14.8 Å². The molecular formula is C16H13F2N3O5. The number of carbonyl (C=O) groups is 1. The van der Waals surface area contributed by atoms with Crippen molar-refractivity contribution in [3.63, 3.8) is 0 Å². The van der Waals surface area contributed by atoms with Crippen molar-refractivity contribution in [3.05, 3.63) is 58.4 Å². The SMILES string of the molecule is COc1cc(C=CC(=O)Nc2ccncc2)c([N+](=O)[O-])cc1OC(F)F. The van der Waals surface area contributed by atoms with Crippen LogP contribution < -0.4 is 14.8 Å². The lowest BCUT2D eigenvalue weighted by atomic mass is 10.1. The molecule has 10 heteroatoms. The second-order valence-electron chi connectivity index (χ2n) is 4.76. The van der Waals surface area contributed by atoms with Crippen molar-refractivity contribution in [3.8, 4) is 11.5 Å². The molecule has 0 fully saturated rings. The Labute approximate surface area is 146 Å². The molecule has 136 valence electrons. The number of benzene rings is 1. The summed E-state index contributed by atoms with van der Waals surface area (Å²) in [7, 11) is 1.20. The van der Waals surface area contributed by atoms with Crippen LogP contribution in [0.3, 0.4) is 0 Å². The Morgan fingerprint density at radius 3 is 2.58 bits per heavy atom. The largest absolute Gasteiger partial charge is 0.493 e. The first-order chi connectivity index (χ1) is 12.4. The maximum Gasteiger partial charge on any atom is 0.387 e. The highest BCUT2D eigenvalue weighted by Gasteiger charge is 2.20. The van der Waals surface area contributed by atoms with E-state index in [-0.39, 0.29) is 11.3 Å². The number of nitro benzene ring substituents is 1. The second-order valence-corrected chi connectivity index (χ2v) is 4.76. The van der Waals surface area contributed by atoms with Crippen LogP contribution in [0.4, 0.5) is 20.2 Å². The Balaban J connectivity index is 2.29. The van der Waals surface area contributed by atoms with Gasteiger partial charge in [-0.3, -0.25) is 19.9 Å². The van der Waals surface area contributed by atoms with Crippen LogP contribution in [0.15, 0.2) is 42.7 Å². The number of ether oxygens (including phenoxy) is 2. The predicted octanol–water partition coefficient (Wildman–Crippen LogP) is 3.25. The number of aromatic nitrogens is 1. The van der Waals surface area contributed by atoms with Crippen molar-refractivity contribution in [1.82, 2.24) is 4.98 Å².